The molecule has 0 radical (unpaired) electrons. The van der Waals surface area contributed by atoms with Crippen LogP contribution in [-0.2, 0) is 20.8 Å². The fourth-order valence-electron chi connectivity index (χ4n) is 2.33. The number of benzene rings is 1. The molecule has 1 rings (SSSR count). The average molecular weight is 384 g/mol. The highest BCUT2D eigenvalue weighted by molar-refractivity contribution is 8.13. The number of carboxylic acids is 1. The lowest BCUT2D eigenvalue weighted by Gasteiger charge is -2.20. The first kappa shape index (κ1) is 21.6. The molecule has 0 aliphatic rings. The van der Waals surface area contributed by atoms with E-state index in [-0.39, 0.29) is 11.0 Å². The van der Waals surface area contributed by atoms with Crippen LogP contribution in [-0.4, -0.2) is 45.9 Å². The van der Waals surface area contributed by atoms with Gasteiger partial charge in [-0.2, -0.15) is 11.8 Å². The minimum atomic E-state index is -1.03. The second-order valence-corrected chi connectivity index (χ2v) is 7.99. The first-order valence-corrected chi connectivity index (χ1v) is 10.4. The summed E-state index contributed by atoms with van der Waals surface area (Å²) in [6.45, 7) is 3.44. The lowest BCUT2D eigenvalue weighted by Crippen LogP contribution is -2.45. The van der Waals surface area contributed by atoms with Crippen molar-refractivity contribution in [2.45, 2.75) is 32.7 Å². The Morgan fingerprint density at radius 1 is 1.24 bits per heavy atom. The zero-order valence-corrected chi connectivity index (χ0v) is 16.4. The molecular weight excluding hydrogens is 358 g/mol. The van der Waals surface area contributed by atoms with Crippen molar-refractivity contribution >= 4 is 40.5 Å². The predicted molar refractivity (Wildman–Crippen MR) is 104 cm³/mol. The monoisotopic (exact) mass is 383 g/mol. The number of carbonyl (C=O) groups is 3. The second-order valence-electron chi connectivity index (χ2n) is 5.81. The van der Waals surface area contributed by atoms with Gasteiger partial charge in [-0.05, 0) is 42.9 Å². The van der Waals surface area contributed by atoms with Crippen molar-refractivity contribution in [2.24, 2.45) is 5.92 Å². The fraction of sp³-hybridized carbons (Fsp3) is 0.500. The molecule has 2 atom stereocenters. The van der Waals surface area contributed by atoms with E-state index >= 15 is 0 Å². The van der Waals surface area contributed by atoms with Crippen molar-refractivity contribution in [2.75, 3.05) is 17.8 Å². The molecule has 2 unspecified atom stereocenters. The number of aryl methyl sites for hydroxylation is 1. The molecule has 0 heterocycles. The number of rotatable bonds is 10. The van der Waals surface area contributed by atoms with E-state index in [0.717, 1.165) is 22.9 Å². The Balaban J connectivity index is 2.85. The Labute approximate surface area is 157 Å². The third-order valence-electron chi connectivity index (χ3n) is 3.81. The molecule has 1 amide bonds. The zero-order valence-electron chi connectivity index (χ0n) is 14.8. The number of thioether (sulfide) groups is 2. The van der Waals surface area contributed by atoms with Gasteiger partial charge in [0.15, 0.2) is 5.12 Å². The first-order valence-electron chi connectivity index (χ1n) is 8.05. The van der Waals surface area contributed by atoms with Gasteiger partial charge in [-0.3, -0.25) is 9.59 Å². The molecule has 7 heteroatoms. The van der Waals surface area contributed by atoms with Crippen LogP contribution in [0.15, 0.2) is 24.3 Å². The number of carbonyl (C=O) groups excluding carboxylic acids is 2. The highest BCUT2D eigenvalue weighted by atomic mass is 32.2. The van der Waals surface area contributed by atoms with Crippen LogP contribution in [0.1, 0.15) is 24.5 Å². The summed E-state index contributed by atoms with van der Waals surface area (Å²) in [6.07, 6.45) is 2.75. The summed E-state index contributed by atoms with van der Waals surface area (Å²) >= 11 is 2.63. The summed E-state index contributed by atoms with van der Waals surface area (Å²) in [7, 11) is 0. The Morgan fingerprint density at radius 3 is 2.48 bits per heavy atom. The van der Waals surface area contributed by atoms with Gasteiger partial charge in [-0.15, -0.1) is 0 Å². The maximum Gasteiger partial charge on any atom is 0.326 e. The molecule has 0 aliphatic carbocycles. The number of amides is 1. The van der Waals surface area contributed by atoms with Gasteiger partial charge < -0.3 is 10.4 Å². The highest BCUT2D eigenvalue weighted by Gasteiger charge is 2.26. The van der Waals surface area contributed by atoms with E-state index in [1.54, 1.807) is 0 Å². The molecule has 1 aromatic carbocycles. The van der Waals surface area contributed by atoms with Gasteiger partial charge in [0.1, 0.15) is 6.04 Å². The second kappa shape index (κ2) is 11.2. The van der Waals surface area contributed by atoms with Crippen LogP contribution in [0.25, 0.3) is 0 Å². The largest absolute Gasteiger partial charge is 0.480 e. The summed E-state index contributed by atoms with van der Waals surface area (Å²) in [6, 6.07) is 6.87. The van der Waals surface area contributed by atoms with Gasteiger partial charge in [0.05, 0.1) is 5.92 Å². The lowest BCUT2D eigenvalue weighted by molar-refractivity contribution is -0.142. The van der Waals surface area contributed by atoms with Crippen molar-refractivity contribution in [1.82, 2.24) is 5.32 Å². The predicted octanol–water partition coefficient (Wildman–Crippen LogP) is 2.76. The van der Waals surface area contributed by atoms with Gasteiger partial charge in [0.2, 0.25) is 5.91 Å². The van der Waals surface area contributed by atoms with Crippen LogP contribution in [0, 0.1) is 12.8 Å². The van der Waals surface area contributed by atoms with E-state index in [9.17, 15) is 19.5 Å². The number of hydrogen-bond donors (Lipinski definition) is 2. The highest BCUT2D eigenvalue weighted by Crippen LogP contribution is 2.19. The van der Waals surface area contributed by atoms with E-state index < -0.39 is 17.9 Å². The first-order chi connectivity index (χ1) is 11.8. The quantitative estimate of drug-likeness (QED) is 0.646. The molecule has 1 aromatic rings. The van der Waals surface area contributed by atoms with E-state index in [2.05, 4.69) is 5.32 Å². The van der Waals surface area contributed by atoms with Gasteiger partial charge >= 0.3 is 5.97 Å². The molecular formula is C18H25NO4S2. The summed E-state index contributed by atoms with van der Waals surface area (Å²) in [4.78, 5) is 35.3. The van der Waals surface area contributed by atoms with E-state index in [1.807, 2.05) is 37.4 Å². The standard InChI is InChI=1S/C18H25NO4S2/c1-12-6-4-5-7-14(12)10-15(11-25-13(2)20)17(21)19-16(18(22)23)8-9-24-3/h4-7,15-16H,8-11H2,1-3H3,(H,19,21)(H,22,23). The summed E-state index contributed by atoms with van der Waals surface area (Å²) in [5, 5.41) is 11.9. The number of aliphatic carboxylic acids is 1. The zero-order chi connectivity index (χ0) is 18.8. The van der Waals surface area contributed by atoms with Crippen molar-refractivity contribution in [3.8, 4) is 0 Å². The van der Waals surface area contributed by atoms with E-state index in [0.29, 0.717) is 24.3 Å². The molecule has 2 N–H and O–H groups in total. The van der Waals surface area contributed by atoms with Crippen LogP contribution >= 0.6 is 23.5 Å². The Bertz CT molecular complexity index is 606. The Kier molecular flexibility index (Phi) is 9.67. The lowest BCUT2D eigenvalue weighted by atomic mass is 9.96. The van der Waals surface area contributed by atoms with Crippen LogP contribution in [0.2, 0.25) is 0 Å². The van der Waals surface area contributed by atoms with Crippen LogP contribution in [0.4, 0.5) is 0 Å². The topological polar surface area (TPSA) is 83.5 Å². The minimum absolute atomic E-state index is 0.0558. The molecule has 5 nitrogen and oxygen atoms in total. The molecule has 0 bridgehead atoms. The molecule has 0 saturated heterocycles. The van der Waals surface area contributed by atoms with Crippen molar-refractivity contribution < 1.29 is 19.5 Å². The summed E-state index contributed by atoms with van der Waals surface area (Å²) < 4.78 is 0. The maximum absolute atomic E-state index is 12.6. The number of carboxylic acid groups (broad SMARTS) is 1. The van der Waals surface area contributed by atoms with Crippen LogP contribution in [0.5, 0.6) is 0 Å². The van der Waals surface area contributed by atoms with Crippen molar-refractivity contribution in [3.05, 3.63) is 35.4 Å². The maximum atomic E-state index is 12.6. The number of hydrogen-bond acceptors (Lipinski definition) is 5. The number of nitrogens with one attached hydrogen (secondary N) is 1. The smallest absolute Gasteiger partial charge is 0.326 e. The molecule has 25 heavy (non-hydrogen) atoms. The van der Waals surface area contributed by atoms with E-state index in [4.69, 9.17) is 0 Å². The van der Waals surface area contributed by atoms with Crippen LogP contribution < -0.4 is 5.32 Å². The average Bonchev–Trinajstić information content (AvgIpc) is 2.56. The van der Waals surface area contributed by atoms with Crippen molar-refractivity contribution in [1.29, 1.82) is 0 Å². The van der Waals surface area contributed by atoms with Gasteiger partial charge in [-0.25, -0.2) is 4.79 Å². The fourth-order valence-corrected chi connectivity index (χ4v) is 3.51. The molecule has 0 aromatic heterocycles. The summed E-state index contributed by atoms with van der Waals surface area (Å²) in [5.74, 6) is -0.806. The molecule has 0 spiro atoms. The molecule has 138 valence electrons. The third-order valence-corrected chi connectivity index (χ3v) is 5.43. The van der Waals surface area contributed by atoms with Crippen molar-refractivity contribution in [3.63, 3.8) is 0 Å². The Morgan fingerprint density at radius 2 is 1.92 bits per heavy atom. The third kappa shape index (κ3) is 7.96. The summed E-state index contributed by atoms with van der Waals surface area (Å²) in [5.41, 5.74) is 2.10. The molecule has 0 aliphatic heterocycles. The Hall–Kier alpha value is -1.47. The van der Waals surface area contributed by atoms with Gasteiger partial charge in [0, 0.05) is 12.7 Å². The van der Waals surface area contributed by atoms with Gasteiger partial charge in [-0.1, -0.05) is 36.0 Å². The van der Waals surface area contributed by atoms with Crippen LogP contribution in [0.3, 0.4) is 0 Å². The normalized spacial score (nSPS) is 13.1. The van der Waals surface area contributed by atoms with Gasteiger partial charge in [0.25, 0.3) is 0 Å². The molecule has 0 fully saturated rings. The SMILES string of the molecule is CSCCC(NC(=O)C(CSC(C)=O)Cc1ccccc1C)C(=O)O. The molecule has 0 saturated carbocycles. The minimum Gasteiger partial charge on any atom is -0.480 e. The van der Waals surface area contributed by atoms with E-state index in [1.165, 1.54) is 18.7 Å².